The summed E-state index contributed by atoms with van der Waals surface area (Å²) in [5, 5.41) is 3.27. The van der Waals surface area contributed by atoms with Gasteiger partial charge in [0.05, 0.1) is 12.0 Å². The van der Waals surface area contributed by atoms with Crippen LogP contribution < -0.4 is 5.32 Å². The second-order valence-corrected chi connectivity index (χ2v) is 6.92. The molecule has 1 aliphatic carbocycles. The van der Waals surface area contributed by atoms with E-state index >= 15 is 0 Å². The van der Waals surface area contributed by atoms with Gasteiger partial charge in [0.25, 0.3) is 0 Å². The Bertz CT molecular complexity index is 337. The van der Waals surface area contributed by atoms with Gasteiger partial charge in [-0.25, -0.2) is 0 Å². The van der Waals surface area contributed by atoms with Crippen LogP contribution in [0.25, 0.3) is 0 Å². The zero-order chi connectivity index (χ0) is 14.8. The van der Waals surface area contributed by atoms with E-state index < -0.39 is 0 Å². The van der Waals surface area contributed by atoms with Crippen molar-refractivity contribution in [1.29, 1.82) is 0 Å². The predicted molar refractivity (Wildman–Crippen MR) is 80.6 cm³/mol. The zero-order valence-electron chi connectivity index (χ0n) is 13.4. The smallest absolute Gasteiger partial charge is 0.227 e. The molecule has 20 heavy (non-hydrogen) atoms. The van der Waals surface area contributed by atoms with Gasteiger partial charge in [-0.05, 0) is 25.8 Å². The topological polar surface area (TPSA) is 41.6 Å². The standard InChI is InChI=1S/C16H30N2O2/c1-5-6-9-20-14-10-13(16(14,2)3)18(4)15(19)12-7-8-17-11-12/h12-14,17H,5-11H2,1-4H3. The van der Waals surface area contributed by atoms with Gasteiger partial charge in [-0.3, -0.25) is 4.79 Å². The second kappa shape index (κ2) is 6.44. The molecule has 1 saturated carbocycles. The highest BCUT2D eigenvalue weighted by Gasteiger charge is 2.52. The Morgan fingerprint density at radius 3 is 2.75 bits per heavy atom. The summed E-state index contributed by atoms with van der Waals surface area (Å²) in [5.74, 6) is 0.482. The average Bonchev–Trinajstić information content (AvgIpc) is 2.94. The molecular weight excluding hydrogens is 252 g/mol. The monoisotopic (exact) mass is 282 g/mol. The molecule has 2 aliphatic rings. The first-order valence-corrected chi connectivity index (χ1v) is 8.07. The van der Waals surface area contributed by atoms with Gasteiger partial charge < -0.3 is 15.0 Å². The van der Waals surface area contributed by atoms with Gasteiger partial charge in [-0.15, -0.1) is 0 Å². The maximum absolute atomic E-state index is 12.5. The first-order valence-electron chi connectivity index (χ1n) is 8.07. The van der Waals surface area contributed by atoms with Crippen LogP contribution in [0.4, 0.5) is 0 Å². The average molecular weight is 282 g/mol. The van der Waals surface area contributed by atoms with Crippen molar-refractivity contribution in [2.45, 2.75) is 58.6 Å². The SMILES string of the molecule is CCCCOC1CC(N(C)C(=O)C2CCNC2)C1(C)C. The summed E-state index contributed by atoms with van der Waals surface area (Å²) in [7, 11) is 1.97. The lowest BCUT2D eigenvalue weighted by Gasteiger charge is -2.55. The molecule has 3 atom stereocenters. The van der Waals surface area contributed by atoms with Gasteiger partial charge in [-0.1, -0.05) is 27.2 Å². The third-order valence-corrected chi connectivity index (χ3v) is 5.17. The molecule has 0 spiro atoms. The molecule has 0 aromatic carbocycles. The summed E-state index contributed by atoms with van der Waals surface area (Å²) >= 11 is 0. The Balaban J connectivity index is 1.85. The number of ether oxygens (including phenoxy) is 1. The normalized spacial score (nSPS) is 31.9. The molecule has 1 aliphatic heterocycles. The maximum Gasteiger partial charge on any atom is 0.227 e. The van der Waals surface area contributed by atoms with Crippen LogP contribution in [0.15, 0.2) is 0 Å². The Morgan fingerprint density at radius 2 is 2.20 bits per heavy atom. The molecule has 2 fully saturated rings. The van der Waals surface area contributed by atoms with Crippen LogP contribution in [0.2, 0.25) is 0 Å². The summed E-state index contributed by atoms with van der Waals surface area (Å²) in [6.45, 7) is 9.30. The van der Waals surface area contributed by atoms with Crippen LogP contribution in [0, 0.1) is 11.3 Å². The quantitative estimate of drug-likeness (QED) is 0.758. The van der Waals surface area contributed by atoms with Gasteiger partial charge in [0, 0.05) is 31.7 Å². The fourth-order valence-corrected chi connectivity index (χ4v) is 3.48. The highest BCUT2D eigenvalue weighted by atomic mass is 16.5. The van der Waals surface area contributed by atoms with Crippen molar-refractivity contribution in [3.63, 3.8) is 0 Å². The molecule has 116 valence electrons. The Morgan fingerprint density at radius 1 is 1.45 bits per heavy atom. The molecule has 3 unspecified atom stereocenters. The summed E-state index contributed by atoms with van der Waals surface area (Å²) in [6.07, 6.45) is 4.56. The van der Waals surface area contributed by atoms with Crippen LogP contribution in [0.5, 0.6) is 0 Å². The number of rotatable bonds is 6. The maximum atomic E-state index is 12.5. The fourth-order valence-electron chi connectivity index (χ4n) is 3.48. The van der Waals surface area contributed by atoms with E-state index in [4.69, 9.17) is 4.74 Å². The molecule has 1 amide bonds. The van der Waals surface area contributed by atoms with E-state index in [2.05, 4.69) is 26.1 Å². The van der Waals surface area contributed by atoms with Crippen LogP contribution in [-0.4, -0.2) is 49.7 Å². The van der Waals surface area contributed by atoms with Crippen molar-refractivity contribution in [3.8, 4) is 0 Å². The lowest BCUT2D eigenvalue weighted by Crippen LogP contribution is -2.63. The van der Waals surface area contributed by atoms with Gasteiger partial charge in [0.15, 0.2) is 0 Å². The molecule has 0 bridgehead atoms. The molecule has 1 saturated heterocycles. The van der Waals surface area contributed by atoms with E-state index in [0.717, 1.165) is 39.0 Å². The Hall–Kier alpha value is -0.610. The molecule has 4 nitrogen and oxygen atoms in total. The molecule has 1 N–H and O–H groups in total. The van der Waals surface area contributed by atoms with Gasteiger partial charge >= 0.3 is 0 Å². The van der Waals surface area contributed by atoms with Crippen LogP contribution in [0.3, 0.4) is 0 Å². The molecule has 2 rings (SSSR count). The van der Waals surface area contributed by atoms with Gasteiger partial charge in [-0.2, -0.15) is 0 Å². The van der Waals surface area contributed by atoms with Crippen LogP contribution in [0.1, 0.15) is 46.5 Å². The molecule has 0 aromatic rings. The van der Waals surface area contributed by atoms with Gasteiger partial charge in [0.1, 0.15) is 0 Å². The van der Waals surface area contributed by atoms with Crippen LogP contribution >= 0.6 is 0 Å². The summed E-state index contributed by atoms with van der Waals surface area (Å²) in [4.78, 5) is 14.5. The minimum absolute atomic E-state index is 0.0736. The number of nitrogens with zero attached hydrogens (tertiary/aromatic N) is 1. The number of carbonyl (C=O) groups excluding carboxylic acids is 1. The number of amides is 1. The third-order valence-electron chi connectivity index (χ3n) is 5.17. The lowest BCUT2D eigenvalue weighted by atomic mass is 9.63. The number of hydrogen-bond acceptors (Lipinski definition) is 3. The lowest BCUT2D eigenvalue weighted by molar-refractivity contribution is -0.167. The predicted octanol–water partition coefficient (Wildman–Crippen LogP) is 2.04. The van der Waals surface area contributed by atoms with E-state index in [1.165, 1.54) is 6.42 Å². The van der Waals surface area contributed by atoms with Crippen molar-refractivity contribution in [2.24, 2.45) is 11.3 Å². The van der Waals surface area contributed by atoms with E-state index in [-0.39, 0.29) is 11.3 Å². The fraction of sp³-hybridized carbons (Fsp3) is 0.938. The van der Waals surface area contributed by atoms with Crippen molar-refractivity contribution in [1.82, 2.24) is 10.2 Å². The van der Waals surface area contributed by atoms with Gasteiger partial charge in [0.2, 0.25) is 5.91 Å². The first-order chi connectivity index (χ1) is 9.48. The Labute approximate surface area is 123 Å². The van der Waals surface area contributed by atoms with Crippen molar-refractivity contribution in [2.75, 3.05) is 26.7 Å². The number of nitrogens with one attached hydrogen (secondary N) is 1. The second-order valence-electron chi connectivity index (χ2n) is 6.92. The summed E-state index contributed by atoms with van der Waals surface area (Å²) in [6, 6.07) is 0.322. The third kappa shape index (κ3) is 3.01. The van der Waals surface area contributed by atoms with Crippen LogP contribution in [-0.2, 0) is 9.53 Å². The van der Waals surface area contributed by atoms with E-state index in [1.54, 1.807) is 0 Å². The highest BCUT2D eigenvalue weighted by Crippen LogP contribution is 2.45. The van der Waals surface area contributed by atoms with E-state index in [9.17, 15) is 4.79 Å². The minimum Gasteiger partial charge on any atom is -0.378 e. The Kier molecular flexibility index (Phi) is 5.08. The molecular formula is C16H30N2O2. The molecule has 4 heteroatoms. The minimum atomic E-state index is 0.0736. The molecule has 1 heterocycles. The van der Waals surface area contributed by atoms with Crippen molar-refractivity contribution < 1.29 is 9.53 Å². The highest BCUT2D eigenvalue weighted by molar-refractivity contribution is 5.79. The number of carbonyl (C=O) groups is 1. The zero-order valence-corrected chi connectivity index (χ0v) is 13.4. The van der Waals surface area contributed by atoms with E-state index in [0.29, 0.717) is 18.1 Å². The largest absolute Gasteiger partial charge is 0.378 e. The number of hydrogen-bond donors (Lipinski definition) is 1. The summed E-state index contributed by atoms with van der Waals surface area (Å²) in [5.41, 5.74) is 0.0736. The number of unbranched alkanes of at least 4 members (excludes halogenated alkanes) is 1. The molecule has 0 aromatic heterocycles. The van der Waals surface area contributed by atoms with Crippen molar-refractivity contribution >= 4 is 5.91 Å². The van der Waals surface area contributed by atoms with Crippen molar-refractivity contribution in [3.05, 3.63) is 0 Å². The van der Waals surface area contributed by atoms with E-state index in [1.807, 2.05) is 11.9 Å². The first kappa shape index (κ1) is 15.8. The summed E-state index contributed by atoms with van der Waals surface area (Å²) < 4.78 is 5.97. The molecule has 0 radical (unpaired) electrons.